The molecule has 0 unspecified atom stereocenters. The second-order valence-corrected chi connectivity index (χ2v) is 6.39. The van der Waals surface area contributed by atoms with Crippen LogP contribution in [0.15, 0.2) is 71.5 Å². The number of carbonyl (C=O) groups is 1. The molecular formula is C20H18ClN3O2. The van der Waals surface area contributed by atoms with E-state index in [1.807, 2.05) is 49.4 Å². The third kappa shape index (κ3) is 4.37. The molecule has 1 atom stereocenters. The molecule has 0 bridgehead atoms. The summed E-state index contributed by atoms with van der Waals surface area (Å²) in [5.74, 6) is -0.348. The van der Waals surface area contributed by atoms with Gasteiger partial charge in [0, 0.05) is 11.1 Å². The lowest BCUT2D eigenvalue weighted by Gasteiger charge is -2.15. The van der Waals surface area contributed by atoms with Gasteiger partial charge in [-0.15, -0.1) is 0 Å². The third-order valence-electron chi connectivity index (χ3n) is 3.97. The van der Waals surface area contributed by atoms with Gasteiger partial charge in [0.15, 0.2) is 0 Å². The number of benzene rings is 2. The van der Waals surface area contributed by atoms with E-state index in [9.17, 15) is 9.59 Å². The summed E-state index contributed by atoms with van der Waals surface area (Å²) in [6, 6.07) is 19.4. The molecule has 26 heavy (non-hydrogen) atoms. The largest absolute Gasteiger partial charge is 0.344 e. The fourth-order valence-corrected chi connectivity index (χ4v) is 2.77. The number of aromatic nitrogens is 2. The Bertz CT molecular complexity index is 970. The zero-order valence-corrected chi connectivity index (χ0v) is 15.0. The maximum atomic E-state index is 12.5. The fraction of sp³-hybridized carbons (Fsp3) is 0.150. The Kier molecular flexibility index (Phi) is 5.49. The topological polar surface area (TPSA) is 64.0 Å². The van der Waals surface area contributed by atoms with E-state index in [1.165, 1.54) is 16.8 Å². The number of carbonyl (C=O) groups excluding carboxylic acids is 1. The van der Waals surface area contributed by atoms with Gasteiger partial charge in [0.05, 0.1) is 12.6 Å². The van der Waals surface area contributed by atoms with Crippen LogP contribution in [0.1, 0.15) is 34.6 Å². The molecule has 0 aliphatic rings. The zero-order chi connectivity index (χ0) is 18.5. The molecule has 0 aliphatic carbocycles. The Labute approximate surface area is 156 Å². The van der Waals surface area contributed by atoms with Crippen LogP contribution in [0.4, 0.5) is 0 Å². The van der Waals surface area contributed by atoms with Gasteiger partial charge in [-0.3, -0.25) is 9.59 Å². The van der Waals surface area contributed by atoms with E-state index in [0.29, 0.717) is 11.6 Å². The molecule has 5 nitrogen and oxygen atoms in total. The number of nitrogens with zero attached hydrogens (tertiary/aromatic N) is 2. The number of amides is 1. The summed E-state index contributed by atoms with van der Waals surface area (Å²) in [6.07, 6.45) is 0. The van der Waals surface area contributed by atoms with Crippen LogP contribution >= 0.6 is 11.6 Å². The lowest BCUT2D eigenvalue weighted by molar-refractivity contribution is 0.0932. The van der Waals surface area contributed by atoms with Crippen molar-refractivity contribution in [3.05, 3.63) is 98.9 Å². The summed E-state index contributed by atoms with van der Waals surface area (Å²) in [7, 11) is 0. The van der Waals surface area contributed by atoms with E-state index in [4.69, 9.17) is 11.6 Å². The van der Waals surface area contributed by atoms with Crippen molar-refractivity contribution in [2.75, 3.05) is 0 Å². The van der Waals surface area contributed by atoms with Crippen molar-refractivity contribution in [3.63, 3.8) is 0 Å². The van der Waals surface area contributed by atoms with Gasteiger partial charge >= 0.3 is 0 Å². The molecule has 1 amide bonds. The first-order chi connectivity index (χ1) is 12.5. The van der Waals surface area contributed by atoms with E-state index < -0.39 is 0 Å². The van der Waals surface area contributed by atoms with E-state index in [-0.39, 0.29) is 23.2 Å². The number of hydrogen-bond acceptors (Lipinski definition) is 3. The van der Waals surface area contributed by atoms with Crippen molar-refractivity contribution >= 4 is 17.5 Å². The molecule has 3 aromatic rings. The maximum Gasteiger partial charge on any atom is 0.272 e. The summed E-state index contributed by atoms with van der Waals surface area (Å²) in [6.45, 7) is 2.17. The van der Waals surface area contributed by atoms with Crippen LogP contribution in [0.25, 0.3) is 0 Å². The van der Waals surface area contributed by atoms with E-state index in [2.05, 4.69) is 10.4 Å². The van der Waals surface area contributed by atoms with E-state index >= 15 is 0 Å². The van der Waals surface area contributed by atoms with Gasteiger partial charge in [0.2, 0.25) is 0 Å². The number of nitrogens with one attached hydrogen (secondary N) is 1. The summed E-state index contributed by atoms with van der Waals surface area (Å²) in [5.41, 5.74) is 1.76. The summed E-state index contributed by atoms with van der Waals surface area (Å²) >= 11 is 5.99. The van der Waals surface area contributed by atoms with Gasteiger partial charge < -0.3 is 5.32 Å². The number of halogens is 1. The average Bonchev–Trinajstić information content (AvgIpc) is 2.64. The first-order valence-electron chi connectivity index (χ1n) is 8.21. The van der Waals surface area contributed by atoms with E-state index in [1.54, 1.807) is 12.1 Å². The predicted molar refractivity (Wildman–Crippen MR) is 101 cm³/mol. The Hall–Kier alpha value is -2.92. The molecule has 0 aliphatic heterocycles. The van der Waals surface area contributed by atoms with Gasteiger partial charge in [0.1, 0.15) is 5.69 Å². The number of hydrogen-bond donors (Lipinski definition) is 1. The highest BCUT2D eigenvalue weighted by molar-refractivity contribution is 6.30. The van der Waals surface area contributed by atoms with Gasteiger partial charge in [-0.05, 0) is 36.2 Å². The van der Waals surface area contributed by atoms with Crippen molar-refractivity contribution in [2.45, 2.75) is 19.5 Å². The summed E-state index contributed by atoms with van der Waals surface area (Å²) < 4.78 is 1.29. The fourth-order valence-electron chi connectivity index (χ4n) is 2.57. The molecule has 1 heterocycles. The maximum absolute atomic E-state index is 12.5. The molecule has 6 heteroatoms. The smallest absolute Gasteiger partial charge is 0.272 e. The SMILES string of the molecule is C[C@@H](NC(=O)c1ccc(=O)n(Cc2ccccc2)n1)c1cccc(Cl)c1. The van der Waals surface area contributed by atoms with Crippen molar-refractivity contribution < 1.29 is 4.79 Å². The summed E-state index contributed by atoms with van der Waals surface area (Å²) in [4.78, 5) is 24.5. The minimum atomic E-state index is -0.348. The highest BCUT2D eigenvalue weighted by Gasteiger charge is 2.14. The first-order valence-corrected chi connectivity index (χ1v) is 8.59. The molecule has 1 N–H and O–H groups in total. The van der Waals surface area contributed by atoms with E-state index in [0.717, 1.165) is 11.1 Å². The Morgan fingerprint density at radius 2 is 1.88 bits per heavy atom. The highest BCUT2D eigenvalue weighted by atomic mass is 35.5. The molecule has 3 rings (SSSR count). The molecule has 1 aromatic heterocycles. The van der Waals surface area contributed by atoms with Gasteiger partial charge in [-0.1, -0.05) is 54.1 Å². The van der Waals surface area contributed by atoms with Gasteiger partial charge in [-0.25, -0.2) is 4.68 Å². The van der Waals surface area contributed by atoms with Crippen LogP contribution in [0, 0.1) is 0 Å². The van der Waals surface area contributed by atoms with Gasteiger partial charge in [0.25, 0.3) is 11.5 Å². The second kappa shape index (κ2) is 7.97. The Morgan fingerprint density at radius 3 is 2.62 bits per heavy atom. The molecular weight excluding hydrogens is 350 g/mol. The highest BCUT2D eigenvalue weighted by Crippen LogP contribution is 2.17. The molecule has 132 valence electrons. The molecule has 0 radical (unpaired) electrons. The van der Waals surface area contributed by atoms with Crippen molar-refractivity contribution in [3.8, 4) is 0 Å². The normalized spacial score (nSPS) is 11.8. The number of rotatable bonds is 5. The van der Waals surface area contributed by atoms with Gasteiger partial charge in [-0.2, -0.15) is 5.10 Å². The predicted octanol–water partition coefficient (Wildman–Crippen LogP) is 3.44. The molecule has 2 aromatic carbocycles. The molecule has 0 saturated carbocycles. The molecule has 0 spiro atoms. The summed E-state index contributed by atoms with van der Waals surface area (Å²) in [5, 5.41) is 7.68. The lowest BCUT2D eigenvalue weighted by Crippen LogP contribution is -2.31. The van der Waals surface area contributed by atoms with Crippen molar-refractivity contribution in [2.24, 2.45) is 0 Å². The first kappa shape index (κ1) is 17.9. The molecule has 0 fully saturated rings. The second-order valence-electron chi connectivity index (χ2n) is 5.95. The van der Waals surface area contributed by atoms with Crippen LogP contribution in [-0.2, 0) is 6.54 Å². The third-order valence-corrected chi connectivity index (χ3v) is 4.21. The standard InChI is InChI=1S/C20H18ClN3O2/c1-14(16-8-5-9-17(21)12-16)22-20(26)18-10-11-19(25)24(23-18)13-15-6-3-2-4-7-15/h2-12,14H,13H2,1H3,(H,22,26)/t14-/m1/s1. The van der Waals surface area contributed by atoms with Crippen LogP contribution < -0.4 is 10.9 Å². The van der Waals surface area contributed by atoms with Crippen molar-refractivity contribution in [1.29, 1.82) is 0 Å². The van der Waals surface area contributed by atoms with Crippen LogP contribution in [0.2, 0.25) is 5.02 Å². The zero-order valence-electron chi connectivity index (χ0n) is 14.2. The van der Waals surface area contributed by atoms with Crippen LogP contribution in [0.5, 0.6) is 0 Å². The van der Waals surface area contributed by atoms with Crippen LogP contribution in [-0.4, -0.2) is 15.7 Å². The van der Waals surface area contributed by atoms with Crippen LogP contribution in [0.3, 0.4) is 0 Å². The minimum Gasteiger partial charge on any atom is -0.344 e. The Morgan fingerprint density at radius 1 is 1.12 bits per heavy atom. The minimum absolute atomic E-state index is 0.189. The Balaban J connectivity index is 1.77. The quantitative estimate of drug-likeness (QED) is 0.751. The monoisotopic (exact) mass is 367 g/mol. The molecule has 0 saturated heterocycles. The van der Waals surface area contributed by atoms with Crippen molar-refractivity contribution in [1.82, 2.24) is 15.1 Å². The lowest BCUT2D eigenvalue weighted by atomic mass is 10.1. The average molecular weight is 368 g/mol.